The third-order valence-corrected chi connectivity index (χ3v) is 3.82. The van der Waals surface area contributed by atoms with Crippen LogP contribution in [0, 0.1) is 6.92 Å². The summed E-state index contributed by atoms with van der Waals surface area (Å²) in [6.45, 7) is 5.79. The largest absolute Gasteiger partial charge is 0.462 e. The van der Waals surface area contributed by atoms with Crippen molar-refractivity contribution in [3.05, 3.63) is 46.8 Å². The van der Waals surface area contributed by atoms with Crippen LogP contribution < -0.4 is 10.6 Å². The molecule has 6 nitrogen and oxygen atoms in total. The lowest BCUT2D eigenvalue weighted by Crippen LogP contribution is -2.23. The van der Waals surface area contributed by atoms with Crippen LogP contribution in [0.5, 0.6) is 0 Å². The number of aryl methyl sites for hydroxylation is 1. The molecule has 0 aliphatic carbocycles. The molecule has 0 fully saturated rings. The Morgan fingerprint density at radius 1 is 1.39 bits per heavy atom. The molecular weight excluding hydrogens is 292 g/mol. The summed E-state index contributed by atoms with van der Waals surface area (Å²) in [6, 6.07) is 6.28. The number of hydrogen-bond donors (Lipinski definition) is 2. The van der Waals surface area contributed by atoms with Gasteiger partial charge in [0.15, 0.2) is 0 Å². The fraction of sp³-hybridized carbons (Fsp3) is 0.353. The van der Waals surface area contributed by atoms with Gasteiger partial charge < -0.3 is 15.4 Å². The van der Waals surface area contributed by atoms with Crippen LogP contribution >= 0.6 is 0 Å². The van der Waals surface area contributed by atoms with Crippen LogP contribution in [0.15, 0.2) is 24.4 Å². The van der Waals surface area contributed by atoms with Gasteiger partial charge in [0.2, 0.25) is 5.95 Å². The van der Waals surface area contributed by atoms with E-state index in [4.69, 9.17) is 4.74 Å². The highest BCUT2D eigenvalue weighted by Crippen LogP contribution is 2.21. The number of anilines is 2. The smallest absolute Gasteiger partial charge is 0.341 e. The molecule has 1 aromatic heterocycles. The van der Waals surface area contributed by atoms with E-state index in [0.29, 0.717) is 23.8 Å². The molecule has 0 bridgehead atoms. The van der Waals surface area contributed by atoms with Crippen LogP contribution in [0.1, 0.15) is 34.1 Å². The molecule has 120 valence electrons. The van der Waals surface area contributed by atoms with Gasteiger partial charge in [-0.2, -0.15) is 0 Å². The first-order valence-corrected chi connectivity index (χ1v) is 7.77. The lowest BCUT2D eigenvalue weighted by molar-refractivity contribution is 0.0524. The fourth-order valence-corrected chi connectivity index (χ4v) is 2.62. The maximum absolute atomic E-state index is 11.8. The van der Waals surface area contributed by atoms with E-state index in [1.165, 1.54) is 17.3 Å². The minimum Gasteiger partial charge on any atom is -0.462 e. The van der Waals surface area contributed by atoms with E-state index in [2.05, 4.69) is 32.7 Å². The third kappa shape index (κ3) is 3.48. The van der Waals surface area contributed by atoms with E-state index >= 15 is 0 Å². The number of rotatable bonds is 4. The molecule has 1 aromatic carbocycles. The van der Waals surface area contributed by atoms with Crippen LogP contribution in [0.3, 0.4) is 0 Å². The molecule has 0 spiro atoms. The summed E-state index contributed by atoms with van der Waals surface area (Å²) < 4.78 is 4.98. The number of esters is 1. The maximum atomic E-state index is 11.8. The van der Waals surface area contributed by atoms with E-state index in [0.717, 1.165) is 25.2 Å². The number of carbonyl (C=O) groups excluding carboxylic acids is 1. The minimum atomic E-state index is -0.392. The Bertz CT molecular complexity index is 731. The van der Waals surface area contributed by atoms with Gasteiger partial charge in [0.25, 0.3) is 0 Å². The highest BCUT2D eigenvalue weighted by atomic mass is 16.5. The first-order valence-electron chi connectivity index (χ1n) is 7.77. The molecule has 6 heteroatoms. The lowest BCUT2D eigenvalue weighted by Gasteiger charge is -2.18. The van der Waals surface area contributed by atoms with Crippen molar-refractivity contribution in [3.8, 4) is 0 Å². The number of carbonyl (C=O) groups is 1. The zero-order chi connectivity index (χ0) is 16.2. The van der Waals surface area contributed by atoms with Crippen molar-refractivity contribution in [2.75, 3.05) is 18.5 Å². The molecule has 3 rings (SSSR count). The van der Waals surface area contributed by atoms with Crippen LogP contribution in [0.4, 0.5) is 11.6 Å². The molecule has 1 aliphatic heterocycles. The Kier molecular flexibility index (Phi) is 4.52. The van der Waals surface area contributed by atoms with Crippen LogP contribution in [0.2, 0.25) is 0 Å². The number of fused-ring (bicyclic) bond motifs is 1. The van der Waals surface area contributed by atoms with Gasteiger partial charge >= 0.3 is 5.97 Å². The molecule has 0 radical (unpaired) electrons. The molecule has 0 saturated heterocycles. The van der Waals surface area contributed by atoms with Gasteiger partial charge in [0.1, 0.15) is 0 Å². The van der Waals surface area contributed by atoms with Crippen LogP contribution in [-0.4, -0.2) is 29.1 Å². The summed E-state index contributed by atoms with van der Waals surface area (Å²) in [5.74, 6) is 0.0793. The Labute approximate surface area is 135 Å². The zero-order valence-corrected chi connectivity index (χ0v) is 13.3. The Morgan fingerprint density at radius 3 is 3.04 bits per heavy atom. The van der Waals surface area contributed by atoms with E-state index in [9.17, 15) is 4.79 Å². The quantitative estimate of drug-likeness (QED) is 0.844. The van der Waals surface area contributed by atoms with E-state index in [-0.39, 0.29) is 0 Å². The zero-order valence-electron chi connectivity index (χ0n) is 13.3. The Morgan fingerprint density at radius 2 is 2.26 bits per heavy atom. The molecule has 0 saturated carbocycles. The topological polar surface area (TPSA) is 76.1 Å². The van der Waals surface area contributed by atoms with Gasteiger partial charge in [0, 0.05) is 18.4 Å². The predicted octanol–water partition coefficient (Wildman–Crippen LogP) is 2.35. The molecule has 2 aromatic rings. The normalized spacial score (nSPS) is 13.3. The molecule has 1 aliphatic rings. The summed E-state index contributed by atoms with van der Waals surface area (Å²) >= 11 is 0. The summed E-state index contributed by atoms with van der Waals surface area (Å²) in [5, 5.41) is 6.55. The highest BCUT2D eigenvalue weighted by molar-refractivity contribution is 5.90. The average Bonchev–Trinajstić information content (AvgIpc) is 2.55. The fourth-order valence-electron chi connectivity index (χ4n) is 2.62. The Balaban J connectivity index is 1.78. The second kappa shape index (κ2) is 6.75. The predicted molar refractivity (Wildman–Crippen MR) is 87.9 cm³/mol. The number of nitrogens with zero attached hydrogens (tertiary/aromatic N) is 2. The lowest BCUT2D eigenvalue weighted by atomic mass is 10.0. The highest BCUT2D eigenvalue weighted by Gasteiger charge is 2.13. The molecule has 2 N–H and O–H groups in total. The molecular formula is C17H20N4O2. The number of hydrogen-bond acceptors (Lipinski definition) is 6. The SMILES string of the molecule is CCOC(=O)c1cnc(Nc2ccc3c(c2)CNCC3)nc1C. The van der Waals surface area contributed by atoms with E-state index in [1.807, 2.05) is 6.07 Å². The van der Waals surface area contributed by atoms with Crippen molar-refractivity contribution in [2.24, 2.45) is 0 Å². The van der Waals surface area contributed by atoms with Gasteiger partial charge in [-0.05, 0) is 50.1 Å². The van der Waals surface area contributed by atoms with Crippen LogP contribution in [-0.2, 0) is 17.7 Å². The van der Waals surface area contributed by atoms with Crippen molar-refractivity contribution in [1.29, 1.82) is 0 Å². The van der Waals surface area contributed by atoms with Crippen molar-refractivity contribution in [3.63, 3.8) is 0 Å². The molecule has 0 atom stereocenters. The van der Waals surface area contributed by atoms with E-state index in [1.54, 1.807) is 13.8 Å². The summed E-state index contributed by atoms with van der Waals surface area (Å²) in [4.78, 5) is 20.3. The van der Waals surface area contributed by atoms with Crippen molar-refractivity contribution < 1.29 is 9.53 Å². The van der Waals surface area contributed by atoms with Gasteiger partial charge in [-0.3, -0.25) is 0 Å². The number of aromatic nitrogens is 2. The first-order chi connectivity index (χ1) is 11.2. The summed E-state index contributed by atoms with van der Waals surface area (Å²) in [5.41, 5.74) is 4.61. The summed E-state index contributed by atoms with van der Waals surface area (Å²) in [7, 11) is 0. The minimum absolute atomic E-state index is 0.335. The number of benzene rings is 1. The second-order valence-electron chi connectivity index (χ2n) is 5.45. The van der Waals surface area contributed by atoms with Crippen molar-refractivity contribution in [2.45, 2.75) is 26.8 Å². The van der Waals surface area contributed by atoms with Gasteiger partial charge in [-0.15, -0.1) is 0 Å². The monoisotopic (exact) mass is 312 g/mol. The number of ether oxygens (including phenoxy) is 1. The van der Waals surface area contributed by atoms with Gasteiger partial charge in [-0.1, -0.05) is 6.07 Å². The third-order valence-electron chi connectivity index (χ3n) is 3.82. The maximum Gasteiger partial charge on any atom is 0.341 e. The van der Waals surface area contributed by atoms with Crippen molar-refractivity contribution >= 4 is 17.6 Å². The molecule has 23 heavy (non-hydrogen) atoms. The average molecular weight is 312 g/mol. The summed E-state index contributed by atoms with van der Waals surface area (Å²) in [6.07, 6.45) is 2.56. The second-order valence-corrected chi connectivity index (χ2v) is 5.45. The standard InChI is InChI=1S/C17H20N4O2/c1-3-23-16(22)15-10-19-17(20-11(15)2)21-14-5-4-12-6-7-18-9-13(12)8-14/h4-5,8,10,18H,3,6-7,9H2,1-2H3,(H,19,20,21). The molecule has 0 amide bonds. The van der Waals surface area contributed by atoms with Gasteiger partial charge in [-0.25, -0.2) is 14.8 Å². The first kappa shape index (κ1) is 15.4. The Hall–Kier alpha value is -2.47. The van der Waals surface area contributed by atoms with Gasteiger partial charge in [0.05, 0.1) is 17.9 Å². The number of nitrogens with one attached hydrogen (secondary N) is 2. The molecule has 0 unspecified atom stereocenters. The van der Waals surface area contributed by atoms with Crippen molar-refractivity contribution in [1.82, 2.24) is 15.3 Å². The van der Waals surface area contributed by atoms with E-state index < -0.39 is 5.97 Å². The van der Waals surface area contributed by atoms with Crippen LogP contribution in [0.25, 0.3) is 0 Å². The molecule has 2 heterocycles.